The summed E-state index contributed by atoms with van der Waals surface area (Å²) in [6.45, 7) is 12.4. The number of hydrogen-bond acceptors (Lipinski definition) is 3. The highest BCUT2D eigenvalue weighted by Crippen LogP contribution is 2.48. The lowest BCUT2D eigenvalue weighted by Crippen LogP contribution is -2.24. The molecule has 1 unspecified atom stereocenters. The Kier molecular flexibility index (Phi) is 4.18. The van der Waals surface area contributed by atoms with Crippen LogP contribution in [0.4, 0.5) is 5.82 Å². The van der Waals surface area contributed by atoms with Crippen molar-refractivity contribution in [1.82, 2.24) is 14.5 Å². The highest BCUT2D eigenvalue weighted by atomic mass is 15.3. The topological polar surface area (TPSA) is 34.0 Å². The normalized spacial score (nSPS) is 20.5. The fraction of sp³-hybridized carbons (Fsp3) is 0.385. The summed E-state index contributed by atoms with van der Waals surface area (Å²) in [6.07, 6.45) is 11.7. The van der Waals surface area contributed by atoms with Crippen LogP contribution in [0.1, 0.15) is 46.6 Å². The summed E-state index contributed by atoms with van der Waals surface area (Å²) < 4.78 is 2.18. The molecule has 0 saturated carbocycles. The monoisotopic (exact) mass is 398 g/mol. The van der Waals surface area contributed by atoms with Crippen LogP contribution >= 0.6 is 0 Å². The molecule has 1 aromatic carbocycles. The predicted molar refractivity (Wildman–Crippen MR) is 124 cm³/mol. The number of benzene rings is 1. The third-order valence-electron chi connectivity index (χ3n) is 6.65. The Labute approximate surface area is 179 Å². The molecule has 3 heterocycles. The van der Waals surface area contributed by atoms with Crippen molar-refractivity contribution in [3.05, 3.63) is 72.3 Å². The third-order valence-corrected chi connectivity index (χ3v) is 6.65. The summed E-state index contributed by atoms with van der Waals surface area (Å²) in [5, 5.41) is 0. The van der Waals surface area contributed by atoms with Gasteiger partial charge in [-0.05, 0) is 53.2 Å². The van der Waals surface area contributed by atoms with Crippen LogP contribution in [-0.2, 0) is 5.41 Å². The number of aromatic nitrogens is 3. The molecule has 1 aliphatic carbocycles. The van der Waals surface area contributed by atoms with E-state index in [-0.39, 0.29) is 10.8 Å². The molecule has 3 aromatic rings. The minimum Gasteiger partial charge on any atom is -0.328 e. The predicted octanol–water partition coefficient (Wildman–Crippen LogP) is 6.02. The van der Waals surface area contributed by atoms with Gasteiger partial charge in [0.2, 0.25) is 0 Å². The summed E-state index contributed by atoms with van der Waals surface area (Å²) >= 11 is 0. The fourth-order valence-corrected chi connectivity index (χ4v) is 4.88. The van der Waals surface area contributed by atoms with Gasteiger partial charge >= 0.3 is 0 Å². The second kappa shape index (κ2) is 6.56. The SMILES string of the molecule is CC(C)(C)c1ccc2c(c1)ncn2-c1cccnc1N1CC(C)(C)C2CC=CC=C21. The van der Waals surface area contributed by atoms with Gasteiger partial charge in [-0.25, -0.2) is 9.97 Å². The largest absolute Gasteiger partial charge is 0.328 e. The van der Waals surface area contributed by atoms with Crippen LogP contribution in [0, 0.1) is 11.3 Å². The van der Waals surface area contributed by atoms with E-state index in [0.29, 0.717) is 5.92 Å². The molecule has 0 N–H and O–H groups in total. The zero-order valence-electron chi connectivity index (χ0n) is 18.6. The van der Waals surface area contributed by atoms with Gasteiger partial charge in [0.25, 0.3) is 0 Å². The van der Waals surface area contributed by atoms with Gasteiger partial charge in [-0.1, -0.05) is 52.8 Å². The maximum absolute atomic E-state index is 4.85. The molecule has 1 fully saturated rings. The van der Waals surface area contributed by atoms with E-state index in [4.69, 9.17) is 9.97 Å². The molecular formula is C26H30N4. The molecule has 2 aliphatic rings. The van der Waals surface area contributed by atoms with Crippen molar-refractivity contribution in [1.29, 1.82) is 0 Å². The lowest BCUT2D eigenvalue weighted by molar-refractivity contribution is 0.306. The highest BCUT2D eigenvalue weighted by Gasteiger charge is 2.44. The van der Waals surface area contributed by atoms with Crippen molar-refractivity contribution in [2.45, 2.75) is 46.5 Å². The van der Waals surface area contributed by atoms with Gasteiger partial charge in [0.05, 0.1) is 16.7 Å². The number of pyridine rings is 1. The second-order valence-corrected chi connectivity index (χ2v) is 10.3. The standard InChI is InChI=1S/C26H30N4/c1-25(2,3)18-12-13-22-20(15-18)28-17-30(22)23-11-8-14-27-24(23)29-16-26(4,5)19-9-6-7-10-21(19)29/h6-8,10-15,17,19H,9,16H2,1-5H3. The van der Waals surface area contributed by atoms with E-state index in [1.54, 1.807) is 0 Å². The van der Waals surface area contributed by atoms with Crippen molar-refractivity contribution in [2.75, 3.05) is 11.4 Å². The van der Waals surface area contributed by atoms with Gasteiger partial charge < -0.3 is 4.90 Å². The number of allylic oxidation sites excluding steroid dienone is 4. The zero-order chi connectivity index (χ0) is 21.1. The van der Waals surface area contributed by atoms with E-state index >= 15 is 0 Å². The molecular weight excluding hydrogens is 368 g/mol. The van der Waals surface area contributed by atoms with Crippen LogP contribution in [0.2, 0.25) is 0 Å². The van der Waals surface area contributed by atoms with Gasteiger partial charge in [0.15, 0.2) is 5.82 Å². The molecule has 4 heteroatoms. The molecule has 2 aromatic heterocycles. The molecule has 30 heavy (non-hydrogen) atoms. The Bertz CT molecular complexity index is 1170. The first-order valence-corrected chi connectivity index (χ1v) is 10.8. The number of anilines is 1. The summed E-state index contributed by atoms with van der Waals surface area (Å²) in [4.78, 5) is 12.0. The summed E-state index contributed by atoms with van der Waals surface area (Å²) in [6, 6.07) is 10.8. The van der Waals surface area contributed by atoms with Crippen molar-refractivity contribution in [3.63, 3.8) is 0 Å². The fourth-order valence-electron chi connectivity index (χ4n) is 4.88. The summed E-state index contributed by atoms with van der Waals surface area (Å²) in [7, 11) is 0. The van der Waals surface area contributed by atoms with E-state index in [2.05, 4.69) is 86.6 Å². The van der Waals surface area contributed by atoms with Gasteiger partial charge in [-0.15, -0.1) is 0 Å². The first kappa shape index (κ1) is 19.1. The van der Waals surface area contributed by atoms with Crippen LogP contribution in [0.5, 0.6) is 0 Å². The van der Waals surface area contributed by atoms with Crippen LogP contribution in [0.15, 0.2) is 66.8 Å². The minimum absolute atomic E-state index is 0.106. The minimum atomic E-state index is 0.106. The van der Waals surface area contributed by atoms with Gasteiger partial charge in [-0.2, -0.15) is 0 Å². The van der Waals surface area contributed by atoms with Gasteiger partial charge in [0.1, 0.15) is 6.33 Å². The van der Waals surface area contributed by atoms with Crippen LogP contribution < -0.4 is 4.90 Å². The molecule has 154 valence electrons. The molecule has 1 saturated heterocycles. The van der Waals surface area contributed by atoms with E-state index in [0.717, 1.165) is 35.5 Å². The van der Waals surface area contributed by atoms with Crippen molar-refractivity contribution in [2.24, 2.45) is 11.3 Å². The number of hydrogen-bond donors (Lipinski definition) is 0. The van der Waals surface area contributed by atoms with E-state index in [9.17, 15) is 0 Å². The number of rotatable bonds is 2. The Morgan fingerprint density at radius 1 is 1.10 bits per heavy atom. The average Bonchev–Trinajstić information content (AvgIpc) is 3.26. The molecule has 5 rings (SSSR count). The Morgan fingerprint density at radius 2 is 1.93 bits per heavy atom. The first-order valence-electron chi connectivity index (χ1n) is 10.8. The lowest BCUT2D eigenvalue weighted by atomic mass is 9.77. The zero-order valence-corrected chi connectivity index (χ0v) is 18.6. The number of nitrogens with zero attached hydrogens (tertiary/aromatic N) is 4. The van der Waals surface area contributed by atoms with E-state index in [1.807, 2.05) is 18.6 Å². The summed E-state index contributed by atoms with van der Waals surface area (Å²) in [5.41, 5.74) is 6.21. The Morgan fingerprint density at radius 3 is 2.73 bits per heavy atom. The van der Waals surface area contributed by atoms with Crippen LogP contribution in [-0.4, -0.2) is 21.1 Å². The van der Waals surface area contributed by atoms with Crippen molar-refractivity contribution >= 4 is 16.9 Å². The Balaban J connectivity index is 1.63. The number of fused-ring (bicyclic) bond motifs is 2. The van der Waals surface area contributed by atoms with E-state index in [1.165, 1.54) is 11.3 Å². The molecule has 0 radical (unpaired) electrons. The van der Waals surface area contributed by atoms with Crippen LogP contribution in [0.25, 0.3) is 16.7 Å². The quantitative estimate of drug-likeness (QED) is 0.529. The third kappa shape index (κ3) is 2.97. The molecule has 1 atom stereocenters. The van der Waals surface area contributed by atoms with Gasteiger partial charge in [-0.3, -0.25) is 4.57 Å². The van der Waals surface area contributed by atoms with Gasteiger partial charge in [0, 0.05) is 24.4 Å². The maximum Gasteiger partial charge on any atom is 0.157 e. The molecule has 0 amide bonds. The smallest absolute Gasteiger partial charge is 0.157 e. The first-order chi connectivity index (χ1) is 14.3. The molecule has 0 bridgehead atoms. The highest BCUT2D eigenvalue weighted by molar-refractivity contribution is 5.80. The van der Waals surface area contributed by atoms with Crippen LogP contribution in [0.3, 0.4) is 0 Å². The van der Waals surface area contributed by atoms with Crippen molar-refractivity contribution in [3.8, 4) is 5.69 Å². The Hall–Kier alpha value is -2.88. The lowest BCUT2D eigenvalue weighted by Gasteiger charge is -2.26. The maximum atomic E-state index is 4.85. The second-order valence-electron chi connectivity index (χ2n) is 10.3. The van der Waals surface area contributed by atoms with E-state index < -0.39 is 0 Å². The summed E-state index contributed by atoms with van der Waals surface area (Å²) in [5.74, 6) is 1.54. The average molecular weight is 399 g/mol. The molecule has 0 spiro atoms. The molecule has 1 aliphatic heterocycles. The van der Waals surface area contributed by atoms with Crippen molar-refractivity contribution < 1.29 is 0 Å². The molecule has 4 nitrogen and oxygen atoms in total. The number of imidazole rings is 1.